The topological polar surface area (TPSA) is 84.9 Å². The van der Waals surface area contributed by atoms with Gasteiger partial charge in [0.05, 0.1) is 19.8 Å². The van der Waals surface area contributed by atoms with Crippen LogP contribution in [0.3, 0.4) is 0 Å². The molecule has 2 unspecified atom stereocenters. The minimum absolute atomic E-state index is 0.0390. The van der Waals surface area contributed by atoms with Gasteiger partial charge in [-0.25, -0.2) is 13.1 Å². The normalized spacial score (nSPS) is 23.0. The van der Waals surface area contributed by atoms with Gasteiger partial charge >= 0.3 is 0 Å². The maximum Gasteiger partial charge on any atom is 0.244 e. The first-order valence-corrected chi connectivity index (χ1v) is 8.36. The van der Waals surface area contributed by atoms with Gasteiger partial charge in [0.25, 0.3) is 0 Å². The lowest BCUT2D eigenvalue weighted by Crippen LogP contribution is -2.41. The Bertz CT molecular complexity index is 587. The molecule has 1 heterocycles. The number of sulfonamides is 1. The molecule has 2 atom stereocenters. The Morgan fingerprint density at radius 2 is 2.24 bits per heavy atom. The molecule has 0 bridgehead atoms. The number of rotatable bonds is 5. The lowest BCUT2D eigenvalue weighted by atomic mass is 10.1. The summed E-state index contributed by atoms with van der Waals surface area (Å²) in [5.41, 5.74) is 0.525. The molecule has 7 heteroatoms. The van der Waals surface area contributed by atoms with Crippen molar-refractivity contribution in [1.82, 2.24) is 4.72 Å². The summed E-state index contributed by atoms with van der Waals surface area (Å²) in [4.78, 5) is 0.0516. The molecule has 0 spiro atoms. The summed E-state index contributed by atoms with van der Waals surface area (Å²) in [6, 6.07) is 4.46. The summed E-state index contributed by atoms with van der Waals surface area (Å²) >= 11 is 0. The molecule has 0 amide bonds. The third kappa shape index (κ3) is 3.94. The zero-order valence-electron chi connectivity index (χ0n) is 12.2. The van der Waals surface area contributed by atoms with Crippen LogP contribution < -0.4 is 9.46 Å². The van der Waals surface area contributed by atoms with Gasteiger partial charge in [0.1, 0.15) is 10.6 Å². The molecule has 0 aliphatic carbocycles. The number of methoxy groups -OCH3 is 1. The Morgan fingerprint density at radius 3 is 2.86 bits per heavy atom. The van der Waals surface area contributed by atoms with Crippen LogP contribution in [0.2, 0.25) is 0 Å². The number of nitrogens with one attached hydrogen (secondary N) is 1. The number of aliphatic hydroxyl groups is 1. The van der Waals surface area contributed by atoms with Crippen molar-refractivity contribution in [1.29, 1.82) is 0 Å². The monoisotopic (exact) mass is 315 g/mol. The smallest absolute Gasteiger partial charge is 0.244 e. The second-order valence-electron chi connectivity index (χ2n) is 5.17. The predicted molar refractivity (Wildman–Crippen MR) is 77.7 cm³/mol. The molecule has 2 rings (SSSR count). The van der Waals surface area contributed by atoms with Crippen molar-refractivity contribution in [2.24, 2.45) is 0 Å². The first-order chi connectivity index (χ1) is 9.96. The molecule has 1 aliphatic heterocycles. The molecular formula is C14H21NO5S. The van der Waals surface area contributed by atoms with Crippen LogP contribution in [0, 0.1) is 0 Å². The van der Waals surface area contributed by atoms with Gasteiger partial charge in [-0.05, 0) is 37.5 Å². The maximum absolute atomic E-state index is 12.5. The van der Waals surface area contributed by atoms with Gasteiger partial charge in [0.15, 0.2) is 0 Å². The summed E-state index contributed by atoms with van der Waals surface area (Å²) in [6.07, 6.45) is 1.32. The highest BCUT2D eigenvalue weighted by Crippen LogP contribution is 2.26. The summed E-state index contributed by atoms with van der Waals surface area (Å²) in [5.74, 6) is 0.264. The Labute approximate surface area is 125 Å². The quantitative estimate of drug-likeness (QED) is 0.848. The Morgan fingerprint density at radius 1 is 1.48 bits per heavy atom. The fraction of sp³-hybridized carbons (Fsp3) is 0.571. The molecule has 1 saturated heterocycles. The summed E-state index contributed by atoms with van der Waals surface area (Å²) in [6.45, 7) is 2.25. The van der Waals surface area contributed by atoms with Gasteiger partial charge in [0.2, 0.25) is 10.0 Å². The molecule has 118 valence electrons. The molecule has 0 radical (unpaired) electrons. The first kappa shape index (κ1) is 16.2. The van der Waals surface area contributed by atoms with Crippen LogP contribution in [-0.2, 0) is 21.4 Å². The van der Waals surface area contributed by atoms with Crippen LogP contribution in [0.5, 0.6) is 5.75 Å². The zero-order chi connectivity index (χ0) is 15.5. The number of benzene rings is 1. The van der Waals surface area contributed by atoms with Crippen LogP contribution >= 0.6 is 0 Å². The minimum atomic E-state index is -3.70. The first-order valence-electron chi connectivity index (χ1n) is 6.88. The van der Waals surface area contributed by atoms with Crippen molar-refractivity contribution in [3.8, 4) is 5.75 Å². The van der Waals surface area contributed by atoms with Gasteiger partial charge in [-0.15, -0.1) is 0 Å². The zero-order valence-corrected chi connectivity index (χ0v) is 13.0. The molecule has 0 saturated carbocycles. The number of hydrogen-bond acceptors (Lipinski definition) is 5. The maximum atomic E-state index is 12.5. The molecule has 0 aromatic heterocycles. The van der Waals surface area contributed by atoms with Crippen LogP contribution in [0.15, 0.2) is 23.1 Å². The second kappa shape index (κ2) is 6.74. The van der Waals surface area contributed by atoms with Crippen LogP contribution in [0.25, 0.3) is 0 Å². The highest BCUT2D eigenvalue weighted by molar-refractivity contribution is 7.89. The van der Waals surface area contributed by atoms with E-state index in [9.17, 15) is 13.5 Å². The van der Waals surface area contributed by atoms with Crippen molar-refractivity contribution in [3.63, 3.8) is 0 Å². The lowest BCUT2D eigenvalue weighted by Gasteiger charge is -2.28. The molecule has 6 nitrogen and oxygen atoms in total. The van der Waals surface area contributed by atoms with Crippen LogP contribution in [-0.4, -0.2) is 39.4 Å². The Kier molecular flexibility index (Phi) is 5.21. The van der Waals surface area contributed by atoms with E-state index in [2.05, 4.69) is 4.72 Å². The largest absolute Gasteiger partial charge is 0.495 e. The molecule has 21 heavy (non-hydrogen) atoms. The summed E-state index contributed by atoms with van der Waals surface area (Å²) < 4.78 is 38.3. The third-order valence-corrected chi connectivity index (χ3v) is 5.05. The van der Waals surface area contributed by atoms with E-state index in [0.29, 0.717) is 25.0 Å². The van der Waals surface area contributed by atoms with Crippen LogP contribution in [0.1, 0.15) is 25.3 Å². The van der Waals surface area contributed by atoms with E-state index >= 15 is 0 Å². The van der Waals surface area contributed by atoms with Crippen molar-refractivity contribution >= 4 is 10.0 Å². The summed E-state index contributed by atoms with van der Waals surface area (Å²) in [5, 5.41) is 9.17. The van der Waals surface area contributed by atoms with E-state index in [1.807, 2.05) is 6.92 Å². The average molecular weight is 315 g/mol. The van der Waals surface area contributed by atoms with Crippen molar-refractivity contribution in [3.05, 3.63) is 23.8 Å². The second-order valence-corrected chi connectivity index (χ2v) is 6.85. The van der Waals surface area contributed by atoms with Crippen LogP contribution in [0.4, 0.5) is 0 Å². The Hall–Kier alpha value is -1.15. The van der Waals surface area contributed by atoms with E-state index in [1.54, 1.807) is 12.1 Å². The van der Waals surface area contributed by atoms with E-state index < -0.39 is 10.0 Å². The van der Waals surface area contributed by atoms with Crippen molar-refractivity contribution in [2.75, 3.05) is 13.7 Å². The minimum Gasteiger partial charge on any atom is -0.495 e. The lowest BCUT2D eigenvalue weighted by molar-refractivity contribution is 0.0173. The standard InChI is InChI=1S/C14H21NO5S/c1-10-7-12(5-6-20-10)15-21(17,18)14-8-11(9-16)3-4-13(14)19-2/h3-4,8,10,12,15-16H,5-7,9H2,1-2H3. The van der Waals surface area contributed by atoms with E-state index in [4.69, 9.17) is 9.47 Å². The molecule has 1 aliphatic rings. The Balaban J connectivity index is 2.26. The number of hydrogen-bond donors (Lipinski definition) is 2. The van der Waals surface area contributed by atoms with E-state index in [0.717, 1.165) is 0 Å². The molecular weight excluding hydrogens is 294 g/mol. The third-order valence-electron chi connectivity index (χ3n) is 3.51. The fourth-order valence-electron chi connectivity index (χ4n) is 2.42. The fourth-order valence-corrected chi connectivity index (χ4v) is 3.92. The van der Waals surface area contributed by atoms with Gasteiger partial charge in [-0.3, -0.25) is 0 Å². The highest BCUT2D eigenvalue weighted by atomic mass is 32.2. The van der Waals surface area contributed by atoms with Crippen molar-refractivity contribution in [2.45, 2.75) is 43.4 Å². The van der Waals surface area contributed by atoms with Gasteiger partial charge in [0, 0.05) is 12.6 Å². The average Bonchev–Trinajstić information content (AvgIpc) is 2.46. The SMILES string of the molecule is COc1ccc(CO)cc1S(=O)(=O)NC1CCOC(C)C1. The molecule has 1 fully saturated rings. The summed E-state index contributed by atoms with van der Waals surface area (Å²) in [7, 11) is -2.28. The van der Waals surface area contributed by atoms with Gasteiger partial charge < -0.3 is 14.6 Å². The molecule has 1 aromatic carbocycles. The predicted octanol–water partition coefficient (Wildman–Crippen LogP) is 1.03. The number of ether oxygens (including phenoxy) is 2. The highest BCUT2D eigenvalue weighted by Gasteiger charge is 2.27. The van der Waals surface area contributed by atoms with E-state index in [-0.39, 0.29) is 29.4 Å². The number of aliphatic hydroxyl groups excluding tert-OH is 1. The van der Waals surface area contributed by atoms with E-state index in [1.165, 1.54) is 13.2 Å². The van der Waals surface area contributed by atoms with Gasteiger partial charge in [-0.2, -0.15) is 0 Å². The molecule has 2 N–H and O–H groups in total. The van der Waals surface area contributed by atoms with Crippen molar-refractivity contribution < 1.29 is 23.0 Å². The van der Waals surface area contributed by atoms with Gasteiger partial charge in [-0.1, -0.05) is 6.07 Å². The molecule has 1 aromatic rings.